The molecule has 0 spiro atoms. The lowest BCUT2D eigenvalue weighted by atomic mass is 10.1. The van der Waals surface area contributed by atoms with Gasteiger partial charge in [0, 0.05) is 44.6 Å². The van der Waals surface area contributed by atoms with Gasteiger partial charge in [0.1, 0.15) is 0 Å². The van der Waals surface area contributed by atoms with E-state index in [1.165, 1.54) is 11.3 Å². The van der Waals surface area contributed by atoms with Crippen molar-refractivity contribution in [1.29, 1.82) is 0 Å². The molecule has 0 aromatic heterocycles. The van der Waals surface area contributed by atoms with Crippen molar-refractivity contribution in [2.24, 2.45) is 10.9 Å². The van der Waals surface area contributed by atoms with Crippen molar-refractivity contribution in [3.05, 3.63) is 11.8 Å². The highest BCUT2D eigenvalue weighted by molar-refractivity contribution is 5.86. The molecular formula is C14H27N3. The zero-order valence-electron chi connectivity index (χ0n) is 11.8. The molecule has 17 heavy (non-hydrogen) atoms. The summed E-state index contributed by atoms with van der Waals surface area (Å²) in [7, 11) is 0. The standard InChI is InChI=1S/C14H27N3/c1-5-14(12(2)3)16-10-13(4)11-17-8-6-15-7-9-17/h10,12,15H,5-9,11H2,1-4H3/b13-10+,16-14?. The molecule has 0 atom stereocenters. The van der Waals surface area contributed by atoms with Gasteiger partial charge in [-0.2, -0.15) is 0 Å². The SMILES string of the molecule is CCC(=N/C=C(\C)CN1CCNCC1)C(C)C. The molecule has 3 heteroatoms. The summed E-state index contributed by atoms with van der Waals surface area (Å²) in [5.74, 6) is 0.559. The van der Waals surface area contributed by atoms with Gasteiger partial charge >= 0.3 is 0 Å². The first-order chi connectivity index (χ1) is 8.13. The highest BCUT2D eigenvalue weighted by Crippen LogP contribution is 2.05. The van der Waals surface area contributed by atoms with E-state index in [1.807, 2.05) is 0 Å². The summed E-state index contributed by atoms with van der Waals surface area (Å²) in [6.45, 7) is 14.4. The van der Waals surface area contributed by atoms with Crippen LogP contribution in [0.1, 0.15) is 34.1 Å². The fourth-order valence-electron chi connectivity index (χ4n) is 2.10. The number of aliphatic imine (C=N–C) groups is 1. The van der Waals surface area contributed by atoms with Crippen molar-refractivity contribution in [1.82, 2.24) is 10.2 Å². The second-order valence-corrected chi connectivity index (χ2v) is 5.13. The lowest BCUT2D eigenvalue weighted by Gasteiger charge is -2.27. The number of piperazine rings is 1. The Balaban J connectivity index is 2.47. The first kappa shape index (κ1) is 14.4. The Hall–Kier alpha value is -0.670. The third kappa shape index (κ3) is 5.46. The van der Waals surface area contributed by atoms with Crippen molar-refractivity contribution >= 4 is 5.71 Å². The number of rotatable bonds is 5. The van der Waals surface area contributed by atoms with E-state index in [0.717, 1.165) is 39.1 Å². The van der Waals surface area contributed by atoms with Crippen LogP contribution in [0.3, 0.4) is 0 Å². The largest absolute Gasteiger partial charge is 0.314 e. The molecule has 1 aliphatic heterocycles. The molecule has 1 aliphatic rings. The van der Waals surface area contributed by atoms with Crippen LogP contribution in [0.4, 0.5) is 0 Å². The molecule has 1 rings (SSSR count). The Morgan fingerprint density at radius 1 is 1.35 bits per heavy atom. The van der Waals surface area contributed by atoms with E-state index in [4.69, 9.17) is 0 Å². The zero-order valence-corrected chi connectivity index (χ0v) is 11.8. The van der Waals surface area contributed by atoms with Crippen LogP contribution in [0.2, 0.25) is 0 Å². The third-order valence-corrected chi connectivity index (χ3v) is 3.16. The van der Waals surface area contributed by atoms with E-state index in [2.05, 4.69) is 49.1 Å². The van der Waals surface area contributed by atoms with Crippen molar-refractivity contribution in [2.75, 3.05) is 32.7 Å². The van der Waals surface area contributed by atoms with E-state index in [-0.39, 0.29) is 0 Å². The van der Waals surface area contributed by atoms with Crippen LogP contribution in [-0.4, -0.2) is 43.3 Å². The summed E-state index contributed by atoms with van der Waals surface area (Å²) in [6.07, 6.45) is 3.11. The van der Waals surface area contributed by atoms with Gasteiger partial charge in [-0.3, -0.25) is 9.89 Å². The maximum Gasteiger partial charge on any atom is 0.0269 e. The molecule has 0 amide bonds. The van der Waals surface area contributed by atoms with Crippen molar-refractivity contribution in [2.45, 2.75) is 34.1 Å². The second kappa shape index (κ2) is 7.62. The average Bonchev–Trinajstić information content (AvgIpc) is 2.30. The Morgan fingerprint density at radius 2 is 2.00 bits per heavy atom. The third-order valence-electron chi connectivity index (χ3n) is 3.16. The molecule has 0 saturated carbocycles. The Morgan fingerprint density at radius 3 is 2.53 bits per heavy atom. The van der Waals surface area contributed by atoms with Crippen LogP contribution in [0.25, 0.3) is 0 Å². The molecule has 1 saturated heterocycles. The van der Waals surface area contributed by atoms with Gasteiger partial charge < -0.3 is 5.32 Å². The topological polar surface area (TPSA) is 27.6 Å². The Bertz CT molecular complexity index is 273. The van der Waals surface area contributed by atoms with Gasteiger partial charge in [0.15, 0.2) is 0 Å². The van der Waals surface area contributed by atoms with Gasteiger partial charge in [-0.05, 0) is 24.8 Å². The normalized spacial score (nSPS) is 20.1. The number of nitrogens with one attached hydrogen (secondary N) is 1. The van der Waals surface area contributed by atoms with Gasteiger partial charge in [-0.25, -0.2) is 0 Å². The molecule has 98 valence electrons. The number of hydrogen-bond acceptors (Lipinski definition) is 3. The summed E-state index contributed by atoms with van der Waals surface area (Å²) in [6, 6.07) is 0. The smallest absolute Gasteiger partial charge is 0.0269 e. The Kier molecular flexibility index (Phi) is 6.45. The molecular weight excluding hydrogens is 210 g/mol. The van der Waals surface area contributed by atoms with E-state index in [0.29, 0.717) is 5.92 Å². The molecule has 1 fully saturated rings. The average molecular weight is 237 g/mol. The molecule has 3 nitrogen and oxygen atoms in total. The van der Waals surface area contributed by atoms with Crippen LogP contribution in [0.5, 0.6) is 0 Å². The fraction of sp³-hybridized carbons (Fsp3) is 0.786. The van der Waals surface area contributed by atoms with Crippen molar-refractivity contribution < 1.29 is 0 Å². The van der Waals surface area contributed by atoms with E-state index in [9.17, 15) is 0 Å². The summed E-state index contributed by atoms with van der Waals surface area (Å²) in [5, 5.41) is 3.37. The number of hydrogen-bond donors (Lipinski definition) is 1. The van der Waals surface area contributed by atoms with Gasteiger partial charge in [0.25, 0.3) is 0 Å². The first-order valence-corrected chi connectivity index (χ1v) is 6.78. The van der Waals surface area contributed by atoms with Gasteiger partial charge in [0.05, 0.1) is 0 Å². The molecule has 1 N–H and O–H groups in total. The van der Waals surface area contributed by atoms with E-state index >= 15 is 0 Å². The first-order valence-electron chi connectivity index (χ1n) is 6.78. The van der Waals surface area contributed by atoms with E-state index in [1.54, 1.807) is 0 Å². The molecule has 0 aromatic rings. The van der Waals surface area contributed by atoms with Crippen molar-refractivity contribution in [3.63, 3.8) is 0 Å². The van der Waals surface area contributed by atoms with E-state index < -0.39 is 0 Å². The van der Waals surface area contributed by atoms with Crippen LogP contribution in [0.15, 0.2) is 16.8 Å². The zero-order chi connectivity index (χ0) is 12.7. The lowest BCUT2D eigenvalue weighted by Crippen LogP contribution is -2.43. The van der Waals surface area contributed by atoms with Gasteiger partial charge in [-0.1, -0.05) is 20.8 Å². The van der Waals surface area contributed by atoms with Gasteiger partial charge in [-0.15, -0.1) is 0 Å². The van der Waals surface area contributed by atoms with Crippen LogP contribution < -0.4 is 5.32 Å². The molecule has 0 aliphatic carbocycles. The maximum absolute atomic E-state index is 4.62. The minimum atomic E-state index is 0.559. The van der Waals surface area contributed by atoms with Crippen LogP contribution >= 0.6 is 0 Å². The lowest BCUT2D eigenvalue weighted by molar-refractivity contribution is 0.259. The highest BCUT2D eigenvalue weighted by Gasteiger charge is 2.09. The predicted octanol–water partition coefficient (Wildman–Crippen LogP) is 2.30. The quantitative estimate of drug-likeness (QED) is 0.743. The van der Waals surface area contributed by atoms with Gasteiger partial charge in [0.2, 0.25) is 0 Å². The molecule has 1 heterocycles. The minimum Gasteiger partial charge on any atom is -0.314 e. The molecule has 0 radical (unpaired) electrons. The van der Waals surface area contributed by atoms with Crippen molar-refractivity contribution in [3.8, 4) is 0 Å². The second-order valence-electron chi connectivity index (χ2n) is 5.13. The Labute approximate surface area is 106 Å². The van der Waals surface area contributed by atoms with Crippen LogP contribution in [-0.2, 0) is 0 Å². The predicted molar refractivity (Wildman–Crippen MR) is 75.6 cm³/mol. The summed E-state index contributed by atoms with van der Waals surface area (Å²) in [4.78, 5) is 7.10. The number of nitrogens with zero attached hydrogens (tertiary/aromatic N) is 2. The minimum absolute atomic E-state index is 0.559. The maximum atomic E-state index is 4.62. The molecule has 0 bridgehead atoms. The summed E-state index contributed by atoms with van der Waals surface area (Å²) in [5.41, 5.74) is 2.66. The summed E-state index contributed by atoms with van der Waals surface area (Å²) < 4.78 is 0. The van der Waals surface area contributed by atoms with Crippen LogP contribution in [0, 0.1) is 5.92 Å². The monoisotopic (exact) mass is 237 g/mol. The molecule has 0 unspecified atom stereocenters. The molecule has 0 aromatic carbocycles. The highest BCUT2D eigenvalue weighted by atomic mass is 15.2. The summed E-state index contributed by atoms with van der Waals surface area (Å²) >= 11 is 0. The fourth-order valence-corrected chi connectivity index (χ4v) is 2.10.